The summed E-state index contributed by atoms with van der Waals surface area (Å²) in [5.41, 5.74) is 1.92. The molecule has 0 saturated carbocycles. The Morgan fingerprint density at radius 3 is 2.90 bits per heavy atom. The van der Waals surface area contributed by atoms with Gasteiger partial charge in [0.25, 0.3) is 0 Å². The first-order valence-corrected chi connectivity index (χ1v) is 7.57. The van der Waals surface area contributed by atoms with Crippen molar-refractivity contribution in [2.45, 2.75) is 33.2 Å². The minimum Gasteiger partial charge on any atom is -0.495 e. The van der Waals surface area contributed by atoms with Gasteiger partial charge in [0.15, 0.2) is 0 Å². The Labute approximate surface area is 128 Å². The number of aryl methyl sites for hydroxylation is 2. The standard InChI is InChI=1S/C15H20BrN3O/c1-4-5-8-19-10-11(2)17-15(19)18-13-9-12(16)6-7-14(13)20-3/h6-7,9-10H,4-5,8H2,1-3H3,(H,17,18). The van der Waals surface area contributed by atoms with E-state index < -0.39 is 0 Å². The van der Waals surface area contributed by atoms with Crippen molar-refractivity contribution in [3.05, 3.63) is 34.6 Å². The van der Waals surface area contributed by atoms with Gasteiger partial charge in [0.1, 0.15) is 5.75 Å². The Morgan fingerprint density at radius 1 is 1.40 bits per heavy atom. The predicted octanol–water partition coefficient (Wildman–Crippen LogP) is 4.51. The van der Waals surface area contributed by atoms with Gasteiger partial charge in [-0.15, -0.1) is 0 Å². The van der Waals surface area contributed by atoms with E-state index >= 15 is 0 Å². The van der Waals surface area contributed by atoms with E-state index in [1.165, 1.54) is 0 Å². The zero-order chi connectivity index (χ0) is 14.5. The summed E-state index contributed by atoms with van der Waals surface area (Å²) in [4.78, 5) is 4.54. The first-order valence-electron chi connectivity index (χ1n) is 6.78. The van der Waals surface area contributed by atoms with Gasteiger partial charge in [-0.25, -0.2) is 4.98 Å². The van der Waals surface area contributed by atoms with Crippen molar-refractivity contribution in [3.63, 3.8) is 0 Å². The minimum atomic E-state index is 0.802. The van der Waals surface area contributed by atoms with E-state index in [2.05, 4.69) is 43.9 Å². The number of anilines is 2. The molecule has 0 saturated heterocycles. The fourth-order valence-corrected chi connectivity index (χ4v) is 2.40. The van der Waals surface area contributed by atoms with E-state index in [1.54, 1.807) is 7.11 Å². The molecule has 1 N–H and O–H groups in total. The molecule has 0 amide bonds. The molecule has 0 bridgehead atoms. The Morgan fingerprint density at radius 2 is 2.20 bits per heavy atom. The Balaban J connectivity index is 2.27. The van der Waals surface area contributed by atoms with E-state index in [4.69, 9.17) is 4.74 Å². The van der Waals surface area contributed by atoms with Crippen molar-refractivity contribution >= 4 is 27.6 Å². The molecule has 5 heteroatoms. The quantitative estimate of drug-likeness (QED) is 0.842. The van der Waals surface area contributed by atoms with Gasteiger partial charge in [0.2, 0.25) is 5.95 Å². The number of nitrogens with zero attached hydrogens (tertiary/aromatic N) is 2. The Hall–Kier alpha value is -1.49. The highest BCUT2D eigenvalue weighted by atomic mass is 79.9. The van der Waals surface area contributed by atoms with Gasteiger partial charge < -0.3 is 14.6 Å². The number of hydrogen-bond acceptors (Lipinski definition) is 3. The van der Waals surface area contributed by atoms with Gasteiger partial charge in [0.05, 0.1) is 18.5 Å². The van der Waals surface area contributed by atoms with Crippen molar-refractivity contribution in [1.82, 2.24) is 9.55 Å². The molecule has 0 radical (unpaired) electrons. The molecule has 1 heterocycles. The summed E-state index contributed by atoms with van der Waals surface area (Å²) in [6.07, 6.45) is 4.37. The summed E-state index contributed by atoms with van der Waals surface area (Å²) >= 11 is 3.48. The van der Waals surface area contributed by atoms with Gasteiger partial charge in [-0.3, -0.25) is 0 Å². The molecule has 0 aliphatic rings. The van der Waals surface area contributed by atoms with Crippen LogP contribution in [-0.4, -0.2) is 16.7 Å². The number of unbranched alkanes of at least 4 members (excludes halogenated alkanes) is 1. The molecule has 2 rings (SSSR count). The summed E-state index contributed by atoms with van der Waals surface area (Å²) in [5, 5.41) is 3.36. The van der Waals surface area contributed by atoms with Crippen molar-refractivity contribution < 1.29 is 4.74 Å². The third-order valence-electron chi connectivity index (χ3n) is 3.06. The average molecular weight is 338 g/mol. The molecular weight excluding hydrogens is 318 g/mol. The number of hydrogen-bond donors (Lipinski definition) is 1. The zero-order valence-corrected chi connectivity index (χ0v) is 13.7. The monoisotopic (exact) mass is 337 g/mol. The second kappa shape index (κ2) is 6.79. The van der Waals surface area contributed by atoms with E-state index in [-0.39, 0.29) is 0 Å². The smallest absolute Gasteiger partial charge is 0.207 e. The summed E-state index contributed by atoms with van der Waals surface area (Å²) in [6.45, 7) is 5.16. The van der Waals surface area contributed by atoms with Gasteiger partial charge in [-0.05, 0) is 31.5 Å². The molecule has 0 atom stereocenters. The molecule has 1 aromatic heterocycles. The lowest BCUT2D eigenvalue weighted by Gasteiger charge is -2.12. The highest BCUT2D eigenvalue weighted by Crippen LogP contribution is 2.30. The van der Waals surface area contributed by atoms with Gasteiger partial charge in [-0.2, -0.15) is 0 Å². The van der Waals surface area contributed by atoms with Crippen molar-refractivity contribution in [2.75, 3.05) is 12.4 Å². The number of rotatable bonds is 6. The molecule has 0 unspecified atom stereocenters. The number of aromatic nitrogens is 2. The van der Waals surface area contributed by atoms with Crippen LogP contribution in [0, 0.1) is 6.92 Å². The molecule has 0 aliphatic heterocycles. The molecular formula is C15H20BrN3O. The fraction of sp³-hybridized carbons (Fsp3) is 0.400. The summed E-state index contributed by atoms with van der Waals surface area (Å²) in [7, 11) is 1.67. The van der Waals surface area contributed by atoms with Crippen LogP contribution in [0.5, 0.6) is 5.75 Å². The second-order valence-corrected chi connectivity index (χ2v) is 5.64. The lowest BCUT2D eigenvalue weighted by molar-refractivity contribution is 0.416. The molecule has 0 fully saturated rings. The summed E-state index contributed by atoms with van der Waals surface area (Å²) in [5.74, 6) is 1.66. The first kappa shape index (κ1) is 14.9. The van der Waals surface area contributed by atoms with Crippen LogP contribution in [0.15, 0.2) is 28.9 Å². The van der Waals surface area contributed by atoms with Crippen LogP contribution in [0.4, 0.5) is 11.6 Å². The Bertz CT molecular complexity index is 580. The number of methoxy groups -OCH3 is 1. The van der Waals surface area contributed by atoms with Crippen molar-refractivity contribution in [1.29, 1.82) is 0 Å². The first-order chi connectivity index (χ1) is 9.63. The van der Waals surface area contributed by atoms with E-state index in [9.17, 15) is 0 Å². The highest BCUT2D eigenvalue weighted by Gasteiger charge is 2.09. The average Bonchev–Trinajstić information content (AvgIpc) is 2.77. The van der Waals surface area contributed by atoms with Crippen LogP contribution in [0.25, 0.3) is 0 Å². The SMILES string of the molecule is CCCCn1cc(C)nc1Nc1cc(Br)ccc1OC. The maximum Gasteiger partial charge on any atom is 0.207 e. The second-order valence-electron chi connectivity index (χ2n) is 4.72. The maximum atomic E-state index is 5.38. The molecule has 2 aromatic rings. The summed E-state index contributed by atoms with van der Waals surface area (Å²) < 4.78 is 8.54. The number of imidazole rings is 1. The third-order valence-corrected chi connectivity index (χ3v) is 3.55. The topological polar surface area (TPSA) is 39.1 Å². The van der Waals surface area contributed by atoms with E-state index in [0.717, 1.165) is 46.9 Å². The normalized spacial score (nSPS) is 10.6. The number of halogens is 1. The van der Waals surface area contributed by atoms with E-state index in [0.29, 0.717) is 0 Å². The minimum absolute atomic E-state index is 0.802. The maximum absolute atomic E-state index is 5.38. The van der Waals surface area contributed by atoms with Crippen LogP contribution in [0.1, 0.15) is 25.5 Å². The lowest BCUT2D eigenvalue weighted by atomic mass is 10.3. The molecule has 108 valence electrons. The fourth-order valence-electron chi connectivity index (χ4n) is 2.04. The molecule has 4 nitrogen and oxygen atoms in total. The van der Waals surface area contributed by atoms with Crippen LogP contribution in [-0.2, 0) is 6.54 Å². The van der Waals surface area contributed by atoms with Crippen LogP contribution in [0.2, 0.25) is 0 Å². The predicted molar refractivity (Wildman–Crippen MR) is 85.8 cm³/mol. The molecule has 0 spiro atoms. The highest BCUT2D eigenvalue weighted by molar-refractivity contribution is 9.10. The Kier molecular flexibility index (Phi) is 5.06. The van der Waals surface area contributed by atoms with Crippen LogP contribution in [0.3, 0.4) is 0 Å². The molecule has 20 heavy (non-hydrogen) atoms. The lowest BCUT2D eigenvalue weighted by Crippen LogP contribution is -2.04. The van der Waals surface area contributed by atoms with Gasteiger partial charge in [-0.1, -0.05) is 29.3 Å². The summed E-state index contributed by atoms with van der Waals surface area (Å²) in [6, 6.07) is 5.88. The third kappa shape index (κ3) is 3.54. The molecule has 0 aliphatic carbocycles. The zero-order valence-electron chi connectivity index (χ0n) is 12.1. The number of ether oxygens (including phenoxy) is 1. The van der Waals surface area contributed by atoms with Crippen LogP contribution >= 0.6 is 15.9 Å². The van der Waals surface area contributed by atoms with Crippen LogP contribution < -0.4 is 10.1 Å². The van der Waals surface area contributed by atoms with Gasteiger partial charge >= 0.3 is 0 Å². The van der Waals surface area contributed by atoms with Crippen molar-refractivity contribution in [2.24, 2.45) is 0 Å². The number of nitrogens with one attached hydrogen (secondary N) is 1. The number of benzene rings is 1. The van der Waals surface area contributed by atoms with Crippen molar-refractivity contribution in [3.8, 4) is 5.75 Å². The largest absolute Gasteiger partial charge is 0.495 e. The van der Waals surface area contributed by atoms with E-state index in [1.807, 2.05) is 25.1 Å². The van der Waals surface area contributed by atoms with Gasteiger partial charge in [0, 0.05) is 17.2 Å². The molecule has 1 aromatic carbocycles.